The Hall–Kier alpha value is -2.65. The average molecular weight is 463 g/mol. The number of benzene rings is 3. The highest BCUT2D eigenvalue weighted by atomic mass is 35.5. The van der Waals surface area contributed by atoms with Crippen LogP contribution in [0.25, 0.3) is 0 Å². The van der Waals surface area contributed by atoms with Crippen molar-refractivity contribution >= 4 is 23.0 Å². The zero-order chi connectivity index (χ0) is 23.7. The van der Waals surface area contributed by atoms with E-state index in [-0.39, 0.29) is 11.9 Å². The molecule has 3 aromatic carbocycles. The number of halogens is 2. The van der Waals surface area contributed by atoms with Gasteiger partial charge in [-0.05, 0) is 77.4 Å². The van der Waals surface area contributed by atoms with Gasteiger partial charge in [-0.25, -0.2) is 4.39 Å². The van der Waals surface area contributed by atoms with Gasteiger partial charge in [0.25, 0.3) is 0 Å². The van der Waals surface area contributed by atoms with Gasteiger partial charge in [-0.1, -0.05) is 57.5 Å². The molecule has 4 heteroatoms. The third-order valence-corrected chi connectivity index (χ3v) is 6.62. The summed E-state index contributed by atoms with van der Waals surface area (Å²) in [4.78, 5) is 7.50. The first-order valence-electron chi connectivity index (χ1n) is 11.7. The molecule has 0 saturated heterocycles. The quantitative estimate of drug-likeness (QED) is 0.380. The maximum atomic E-state index is 13.7. The van der Waals surface area contributed by atoms with Gasteiger partial charge >= 0.3 is 0 Å². The molecule has 1 unspecified atom stereocenters. The lowest BCUT2D eigenvalue weighted by atomic mass is 9.91. The van der Waals surface area contributed by atoms with Gasteiger partial charge in [0.05, 0.1) is 11.8 Å². The Balaban J connectivity index is 1.79. The summed E-state index contributed by atoms with van der Waals surface area (Å²) in [5.41, 5.74) is 7.90. The van der Waals surface area contributed by atoms with E-state index in [9.17, 15) is 4.39 Å². The normalized spacial score (nSPS) is 16.1. The molecule has 172 valence electrons. The molecular formula is C29H32ClFN2. The molecular weight excluding hydrogens is 431 g/mol. The Kier molecular flexibility index (Phi) is 6.90. The molecule has 1 aliphatic heterocycles. The lowest BCUT2D eigenvalue weighted by Crippen LogP contribution is -2.28. The molecule has 0 aromatic heterocycles. The molecule has 0 spiro atoms. The third kappa shape index (κ3) is 5.30. The lowest BCUT2D eigenvalue weighted by Gasteiger charge is -2.23. The predicted octanol–water partition coefficient (Wildman–Crippen LogP) is 7.62. The van der Waals surface area contributed by atoms with E-state index in [0.717, 1.165) is 35.5 Å². The van der Waals surface area contributed by atoms with Crippen LogP contribution in [-0.4, -0.2) is 25.3 Å². The molecule has 0 saturated carbocycles. The first-order chi connectivity index (χ1) is 15.7. The fourth-order valence-electron chi connectivity index (χ4n) is 4.49. The summed E-state index contributed by atoms with van der Waals surface area (Å²) in [5, 5.41) is 0.668. The van der Waals surface area contributed by atoms with E-state index in [4.69, 9.17) is 16.6 Å². The summed E-state index contributed by atoms with van der Waals surface area (Å²) in [6.07, 6.45) is 0.844. The van der Waals surface area contributed by atoms with Gasteiger partial charge in [-0.15, -0.1) is 0 Å². The zero-order valence-electron chi connectivity index (χ0n) is 20.1. The van der Waals surface area contributed by atoms with Gasteiger partial charge < -0.3 is 4.90 Å². The van der Waals surface area contributed by atoms with Gasteiger partial charge in [0.15, 0.2) is 0 Å². The Labute approximate surface area is 202 Å². The van der Waals surface area contributed by atoms with Crippen molar-refractivity contribution in [3.05, 3.63) is 99.3 Å². The second-order valence-electron chi connectivity index (χ2n) is 9.70. The van der Waals surface area contributed by atoms with Crippen LogP contribution in [-0.2, 0) is 6.42 Å². The molecule has 1 aliphatic rings. The third-order valence-electron chi connectivity index (χ3n) is 6.38. The number of rotatable bonds is 5. The summed E-state index contributed by atoms with van der Waals surface area (Å²) in [6.45, 7) is 9.77. The molecule has 33 heavy (non-hydrogen) atoms. The number of nitrogens with zero attached hydrogens (tertiary/aromatic N) is 2. The molecule has 0 amide bonds. The number of fused-ring (bicyclic) bond motifs is 1. The van der Waals surface area contributed by atoms with Crippen molar-refractivity contribution < 1.29 is 4.39 Å². The van der Waals surface area contributed by atoms with Crippen LogP contribution in [0.15, 0.2) is 65.7 Å². The van der Waals surface area contributed by atoms with Crippen LogP contribution in [0.5, 0.6) is 0 Å². The molecule has 4 rings (SSSR count). The Morgan fingerprint density at radius 1 is 0.939 bits per heavy atom. The van der Waals surface area contributed by atoms with Gasteiger partial charge in [0.1, 0.15) is 5.82 Å². The van der Waals surface area contributed by atoms with Crippen molar-refractivity contribution in [3.63, 3.8) is 0 Å². The van der Waals surface area contributed by atoms with Gasteiger partial charge in [-0.2, -0.15) is 0 Å². The van der Waals surface area contributed by atoms with Crippen molar-refractivity contribution in [2.45, 2.75) is 52.0 Å². The minimum Gasteiger partial charge on any atom is -0.372 e. The minimum absolute atomic E-state index is 0.0589. The number of hydrogen-bond donors (Lipinski definition) is 0. The van der Waals surface area contributed by atoms with Gasteiger partial charge in [-0.3, -0.25) is 4.99 Å². The molecule has 3 aromatic rings. The Bertz CT molecular complexity index is 1140. The van der Waals surface area contributed by atoms with E-state index in [1.165, 1.54) is 28.8 Å². The number of hydrogen-bond acceptors (Lipinski definition) is 2. The predicted molar refractivity (Wildman–Crippen MR) is 139 cm³/mol. The number of likely N-dealkylation sites (N-methyl/N-ethyl adjacent to an activating group) is 1. The first kappa shape index (κ1) is 23.5. The highest BCUT2D eigenvalue weighted by Gasteiger charge is 2.24. The molecule has 0 fully saturated rings. The number of anilines is 1. The summed E-state index contributed by atoms with van der Waals surface area (Å²) >= 11 is 6.38. The number of aliphatic imine (C=N–C) groups is 1. The van der Waals surface area contributed by atoms with Gasteiger partial charge in [0.2, 0.25) is 0 Å². The van der Waals surface area contributed by atoms with E-state index in [1.54, 1.807) is 12.1 Å². The number of benzodiazepines with no additional fused rings is 1. The summed E-state index contributed by atoms with van der Waals surface area (Å²) in [5.74, 6) is 0.701. The lowest BCUT2D eigenvalue weighted by molar-refractivity contribution is 0.627. The highest BCUT2D eigenvalue weighted by Crippen LogP contribution is 2.31. The zero-order valence-corrected chi connectivity index (χ0v) is 20.8. The van der Waals surface area contributed by atoms with E-state index in [1.807, 2.05) is 12.1 Å². The van der Waals surface area contributed by atoms with Crippen molar-refractivity contribution in [1.29, 1.82) is 0 Å². The molecule has 0 bridgehead atoms. The van der Waals surface area contributed by atoms with Crippen LogP contribution in [0.2, 0.25) is 5.02 Å². The van der Waals surface area contributed by atoms with Crippen molar-refractivity contribution in [2.24, 2.45) is 4.99 Å². The SMILES string of the molecule is CC(C)c1cc(CC2CN(C)c3ccc(Cl)cc3C(c3ccc(F)cc3)=N2)cc(C(C)C)c1. The fraction of sp³-hybridized carbons (Fsp3) is 0.345. The second-order valence-corrected chi connectivity index (χ2v) is 10.1. The van der Waals surface area contributed by atoms with Crippen molar-refractivity contribution in [1.82, 2.24) is 0 Å². The van der Waals surface area contributed by atoms with Crippen LogP contribution in [0.3, 0.4) is 0 Å². The molecule has 0 aliphatic carbocycles. The van der Waals surface area contributed by atoms with Crippen LogP contribution >= 0.6 is 11.6 Å². The molecule has 1 atom stereocenters. The van der Waals surface area contributed by atoms with Crippen LogP contribution in [0.4, 0.5) is 10.1 Å². The van der Waals surface area contributed by atoms with Gasteiger partial charge in [0, 0.05) is 35.4 Å². The maximum Gasteiger partial charge on any atom is 0.123 e. The maximum absolute atomic E-state index is 13.7. The standard InChI is InChI=1S/C29H32ClFN2/c1-18(2)22-12-20(13-23(15-22)19(3)4)14-26-17-33(5)28-11-8-24(30)16-27(28)29(32-26)21-6-9-25(31)10-7-21/h6-13,15-16,18-19,26H,14,17H2,1-5H3. The molecule has 0 radical (unpaired) electrons. The average Bonchev–Trinajstić information content (AvgIpc) is 2.90. The largest absolute Gasteiger partial charge is 0.372 e. The molecule has 1 heterocycles. The van der Waals surface area contributed by atoms with Crippen molar-refractivity contribution in [2.75, 3.05) is 18.5 Å². The summed E-state index contributed by atoms with van der Waals surface area (Å²) in [7, 11) is 2.10. The monoisotopic (exact) mass is 462 g/mol. The highest BCUT2D eigenvalue weighted by molar-refractivity contribution is 6.31. The second kappa shape index (κ2) is 9.69. The summed E-state index contributed by atoms with van der Waals surface area (Å²) in [6, 6.07) is 19.6. The smallest absolute Gasteiger partial charge is 0.123 e. The van der Waals surface area contributed by atoms with E-state index in [0.29, 0.717) is 16.9 Å². The topological polar surface area (TPSA) is 15.6 Å². The van der Waals surface area contributed by atoms with E-state index in [2.05, 4.69) is 63.9 Å². The van der Waals surface area contributed by atoms with Crippen molar-refractivity contribution in [3.8, 4) is 0 Å². The van der Waals surface area contributed by atoms with E-state index < -0.39 is 0 Å². The van der Waals surface area contributed by atoms with Crippen LogP contribution in [0, 0.1) is 5.82 Å². The fourth-order valence-corrected chi connectivity index (χ4v) is 4.66. The van der Waals surface area contributed by atoms with E-state index >= 15 is 0 Å². The van der Waals surface area contributed by atoms with Crippen LogP contribution < -0.4 is 4.90 Å². The first-order valence-corrected chi connectivity index (χ1v) is 12.1. The molecule has 2 nitrogen and oxygen atoms in total. The Morgan fingerprint density at radius 3 is 2.18 bits per heavy atom. The Morgan fingerprint density at radius 2 is 1.58 bits per heavy atom. The summed E-state index contributed by atoms with van der Waals surface area (Å²) < 4.78 is 13.7. The minimum atomic E-state index is -0.250. The van der Waals surface area contributed by atoms with Crippen LogP contribution in [0.1, 0.15) is 67.3 Å². The molecule has 0 N–H and O–H groups in total.